The molecule has 0 radical (unpaired) electrons. The minimum Gasteiger partial charge on any atom is -0.372 e. The van der Waals surface area contributed by atoms with Crippen LogP contribution in [-0.4, -0.2) is 33.4 Å². The van der Waals surface area contributed by atoms with Gasteiger partial charge in [-0.1, -0.05) is 22.9 Å². The molecule has 27 heavy (non-hydrogen) atoms. The van der Waals surface area contributed by atoms with Crippen molar-refractivity contribution in [3.8, 4) is 0 Å². The number of halogens is 4. The molecule has 0 unspecified atom stereocenters. The number of rotatable bonds is 4. The van der Waals surface area contributed by atoms with E-state index in [1.807, 2.05) is 0 Å². The van der Waals surface area contributed by atoms with Crippen molar-refractivity contribution in [1.29, 1.82) is 0 Å². The van der Waals surface area contributed by atoms with Gasteiger partial charge in [-0.15, -0.1) is 0 Å². The Balaban J connectivity index is 1.61. The number of carbonyl (C=O) groups excluding carboxylic acids is 1. The second kappa shape index (κ2) is 6.20. The first-order valence-electron chi connectivity index (χ1n) is 8.12. The fourth-order valence-corrected chi connectivity index (χ4v) is 4.43. The van der Waals surface area contributed by atoms with E-state index in [1.54, 1.807) is 4.90 Å². The van der Waals surface area contributed by atoms with Crippen molar-refractivity contribution in [2.24, 2.45) is 0 Å². The van der Waals surface area contributed by atoms with Crippen LogP contribution in [0.2, 0.25) is 5.15 Å². The lowest BCUT2D eigenvalue weighted by molar-refractivity contribution is -0.137. The van der Waals surface area contributed by atoms with E-state index >= 15 is 0 Å². The van der Waals surface area contributed by atoms with Gasteiger partial charge in [0.2, 0.25) is 11.9 Å². The molecule has 1 amide bonds. The lowest BCUT2D eigenvalue weighted by atomic mass is 10.2. The first-order chi connectivity index (χ1) is 12.7. The topological polar surface area (TPSA) is 83.0 Å². The van der Waals surface area contributed by atoms with Crippen molar-refractivity contribution in [2.45, 2.75) is 37.4 Å². The van der Waals surface area contributed by atoms with Crippen LogP contribution in [0, 0.1) is 0 Å². The minimum absolute atomic E-state index is 0.00714. The maximum atomic E-state index is 12.9. The standard InChI is InChI=1S/C15H14ClF3N6OS/c1-20-10-7(15(17,18)19)6-21-12(23-10)24-11-9(16)22-13(27-11)25-8(26)2-3-14(25)4-5-14/h6H,2-5H2,1H3,(H2,20,21,23,24). The van der Waals surface area contributed by atoms with Gasteiger partial charge in [0.1, 0.15) is 16.4 Å². The van der Waals surface area contributed by atoms with Crippen LogP contribution in [0.3, 0.4) is 0 Å². The van der Waals surface area contributed by atoms with Gasteiger partial charge in [0.15, 0.2) is 10.3 Å². The molecule has 1 aliphatic heterocycles. The highest BCUT2D eigenvalue weighted by Gasteiger charge is 2.55. The average molecular weight is 419 g/mol. The van der Waals surface area contributed by atoms with Crippen LogP contribution in [0.15, 0.2) is 6.20 Å². The fourth-order valence-electron chi connectivity index (χ4n) is 3.16. The Morgan fingerprint density at radius 1 is 1.30 bits per heavy atom. The molecule has 144 valence electrons. The molecule has 12 heteroatoms. The van der Waals surface area contributed by atoms with Crippen molar-refractivity contribution in [3.63, 3.8) is 0 Å². The number of thiazole rings is 1. The van der Waals surface area contributed by atoms with Gasteiger partial charge in [0, 0.05) is 19.7 Å². The Kier molecular flexibility index (Phi) is 4.18. The van der Waals surface area contributed by atoms with E-state index in [0.717, 1.165) is 30.6 Å². The van der Waals surface area contributed by atoms with Gasteiger partial charge in [-0.05, 0) is 19.3 Å². The van der Waals surface area contributed by atoms with Crippen molar-refractivity contribution in [3.05, 3.63) is 16.9 Å². The molecule has 0 aromatic carbocycles. The van der Waals surface area contributed by atoms with E-state index in [4.69, 9.17) is 11.6 Å². The largest absolute Gasteiger partial charge is 0.421 e. The summed E-state index contributed by atoms with van der Waals surface area (Å²) < 4.78 is 38.8. The number of carbonyl (C=O) groups is 1. The molecule has 1 saturated carbocycles. The Bertz CT molecular complexity index is 913. The third-order valence-corrected chi connectivity index (χ3v) is 6.02. The highest BCUT2D eigenvalue weighted by molar-refractivity contribution is 7.20. The maximum absolute atomic E-state index is 12.9. The lowest BCUT2D eigenvalue weighted by Crippen LogP contribution is -2.34. The molecular formula is C15H14ClF3N6OS. The van der Waals surface area contributed by atoms with Gasteiger partial charge >= 0.3 is 6.18 Å². The Labute approximate surface area is 161 Å². The SMILES string of the molecule is CNc1nc(Nc2sc(N3C(=O)CCC34CC4)nc2Cl)ncc1C(F)(F)F. The first kappa shape index (κ1) is 18.2. The zero-order chi connectivity index (χ0) is 19.4. The zero-order valence-corrected chi connectivity index (χ0v) is 15.6. The van der Waals surface area contributed by atoms with Crippen LogP contribution < -0.4 is 15.5 Å². The number of aromatic nitrogens is 3. The summed E-state index contributed by atoms with van der Waals surface area (Å²) in [6.07, 6.45) is -0.716. The number of nitrogens with one attached hydrogen (secondary N) is 2. The van der Waals surface area contributed by atoms with Gasteiger partial charge in [-0.2, -0.15) is 18.2 Å². The van der Waals surface area contributed by atoms with Gasteiger partial charge in [-0.25, -0.2) is 9.97 Å². The Hall–Kier alpha value is -2.14. The second-order valence-electron chi connectivity index (χ2n) is 6.40. The van der Waals surface area contributed by atoms with E-state index in [2.05, 4.69) is 25.6 Å². The molecular weight excluding hydrogens is 405 g/mol. The first-order valence-corrected chi connectivity index (χ1v) is 9.31. The number of amides is 1. The summed E-state index contributed by atoms with van der Waals surface area (Å²) in [5.74, 6) is -0.404. The van der Waals surface area contributed by atoms with Crippen LogP contribution in [-0.2, 0) is 11.0 Å². The smallest absolute Gasteiger partial charge is 0.372 e. The van der Waals surface area contributed by atoms with Crippen LogP contribution >= 0.6 is 22.9 Å². The third kappa shape index (κ3) is 3.18. The summed E-state index contributed by atoms with van der Waals surface area (Å²) in [5.41, 5.74) is -1.11. The minimum atomic E-state index is -4.57. The van der Waals surface area contributed by atoms with Crippen molar-refractivity contribution >= 4 is 50.7 Å². The van der Waals surface area contributed by atoms with Crippen LogP contribution in [0.5, 0.6) is 0 Å². The molecule has 0 bridgehead atoms. The van der Waals surface area contributed by atoms with E-state index < -0.39 is 11.7 Å². The molecule has 2 aromatic heterocycles. The predicted molar refractivity (Wildman–Crippen MR) is 95.7 cm³/mol. The summed E-state index contributed by atoms with van der Waals surface area (Å²) in [6.45, 7) is 0. The van der Waals surface area contributed by atoms with Crippen molar-refractivity contribution in [2.75, 3.05) is 22.6 Å². The van der Waals surface area contributed by atoms with Gasteiger partial charge in [-0.3, -0.25) is 9.69 Å². The van der Waals surface area contributed by atoms with E-state index in [9.17, 15) is 18.0 Å². The zero-order valence-electron chi connectivity index (χ0n) is 14.0. The van der Waals surface area contributed by atoms with Crippen LogP contribution in [0.4, 0.5) is 35.1 Å². The molecule has 1 saturated heterocycles. The second-order valence-corrected chi connectivity index (χ2v) is 7.73. The van der Waals surface area contributed by atoms with Gasteiger partial charge in [0.05, 0.1) is 5.54 Å². The molecule has 1 aliphatic carbocycles. The highest BCUT2D eigenvalue weighted by Crippen LogP contribution is 2.53. The number of nitrogens with zero attached hydrogens (tertiary/aromatic N) is 4. The molecule has 3 heterocycles. The number of hydrogen-bond acceptors (Lipinski definition) is 7. The molecule has 2 N–H and O–H groups in total. The summed E-state index contributed by atoms with van der Waals surface area (Å²) in [5, 5.41) is 6.15. The van der Waals surface area contributed by atoms with Crippen LogP contribution in [0.1, 0.15) is 31.2 Å². The quantitative estimate of drug-likeness (QED) is 0.779. The summed E-state index contributed by atoms with van der Waals surface area (Å²) in [4.78, 5) is 25.7. The molecule has 2 aliphatic rings. The monoisotopic (exact) mass is 418 g/mol. The Morgan fingerprint density at radius 2 is 2.04 bits per heavy atom. The summed E-state index contributed by atoms with van der Waals surface area (Å²) >= 11 is 7.31. The van der Waals surface area contributed by atoms with Crippen molar-refractivity contribution < 1.29 is 18.0 Å². The van der Waals surface area contributed by atoms with E-state index in [-0.39, 0.29) is 28.4 Å². The molecule has 2 fully saturated rings. The number of hydrogen-bond donors (Lipinski definition) is 2. The fraction of sp³-hybridized carbons (Fsp3) is 0.467. The normalized spacial score (nSPS) is 18.3. The predicted octanol–water partition coefficient (Wildman–Crippen LogP) is 4.05. The van der Waals surface area contributed by atoms with E-state index in [0.29, 0.717) is 22.8 Å². The maximum Gasteiger partial charge on any atom is 0.421 e. The third-order valence-electron chi connectivity index (χ3n) is 4.68. The molecule has 2 aromatic rings. The number of anilines is 4. The van der Waals surface area contributed by atoms with E-state index in [1.165, 1.54) is 7.05 Å². The summed E-state index contributed by atoms with van der Waals surface area (Å²) in [6, 6.07) is 0. The summed E-state index contributed by atoms with van der Waals surface area (Å²) in [7, 11) is 1.34. The molecule has 7 nitrogen and oxygen atoms in total. The van der Waals surface area contributed by atoms with Gasteiger partial charge in [0.25, 0.3) is 0 Å². The molecule has 1 spiro atoms. The van der Waals surface area contributed by atoms with Crippen molar-refractivity contribution in [1.82, 2.24) is 15.0 Å². The average Bonchev–Trinajstić information content (AvgIpc) is 3.19. The molecule has 4 rings (SSSR count). The Morgan fingerprint density at radius 3 is 2.67 bits per heavy atom. The number of alkyl halides is 3. The molecule has 0 atom stereocenters. The lowest BCUT2D eigenvalue weighted by Gasteiger charge is -2.20. The van der Waals surface area contributed by atoms with Crippen LogP contribution in [0.25, 0.3) is 0 Å². The highest BCUT2D eigenvalue weighted by atomic mass is 35.5. The van der Waals surface area contributed by atoms with Gasteiger partial charge < -0.3 is 10.6 Å².